The van der Waals surface area contributed by atoms with Crippen LogP contribution in [0.3, 0.4) is 0 Å². The molecule has 0 fully saturated rings. The number of nitrogens with two attached hydrogens (primary N) is 1. The summed E-state index contributed by atoms with van der Waals surface area (Å²) in [6, 6.07) is 4.39. The molecule has 1 rings (SSSR count). The second-order valence-electron chi connectivity index (χ2n) is 3.75. The lowest BCUT2D eigenvalue weighted by Crippen LogP contribution is -2.43. The molecule has 3 N–H and O–H groups in total. The number of likely N-dealkylation sites (N-methyl/N-ethyl adjacent to an activating group) is 1. The summed E-state index contributed by atoms with van der Waals surface area (Å²) in [6.45, 7) is 1.66. The molecule has 0 aliphatic carbocycles. The van der Waals surface area contributed by atoms with Crippen LogP contribution < -0.4 is 5.73 Å². The van der Waals surface area contributed by atoms with Crippen LogP contribution in [0.25, 0.3) is 0 Å². The molecule has 0 bridgehead atoms. The second kappa shape index (κ2) is 6.06. The van der Waals surface area contributed by atoms with Gasteiger partial charge in [-0.2, -0.15) is 0 Å². The summed E-state index contributed by atoms with van der Waals surface area (Å²) in [6.07, 6.45) is 0. The minimum absolute atomic E-state index is 0.0333. The van der Waals surface area contributed by atoms with Gasteiger partial charge in [-0.1, -0.05) is 16.8 Å². The zero-order chi connectivity index (χ0) is 13.9. The van der Waals surface area contributed by atoms with E-state index in [4.69, 9.17) is 22.5 Å². The first-order chi connectivity index (χ1) is 8.38. The standard InChI is InChI=1S/C11H13BrClN3O2/c1-6(10(14)15-18)16(2)11(17)7-3-4-8(12)9(13)5-7/h3-6,18H,1-2H3,(H2,14,15). The fourth-order valence-corrected chi connectivity index (χ4v) is 1.72. The quantitative estimate of drug-likeness (QED) is 0.385. The van der Waals surface area contributed by atoms with E-state index >= 15 is 0 Å². The Kier molecular flexibility index (Phi) is 4.98. The molecule has 0 aliphatic rings. The lowest BCUT2D eigenvalue weighted by Gasteiger charge is -2.23. The van der Waals surface area contributed by atoms with Crippen molar-refractivity contribution in [2.75, 3.05) is 7.05 Å². The first kappa shape index (κ1) is 14.8. The summed E-state index contributed by atoms with van der Waals surface area (Å²) < 4.78 is 0.716. The van der Waals surface area contributed by atoms with E-state index in [9.17, 15) is 4.79 Å². The van der Waals surface area contributed by atoms with Crippen molar-refractivity contribution in [1.29, 1.82) is 0 Å². The van der Waals surface area contributed by atoms with Gasteiger partial charge in [-0.05, 0) is 41.1 Å². The molecule has 1 unspecified atom stereocenters. The third-order valence-electron chi connectivity index (χ3n) is 2.61. The highest BCUT2D eigenvalue weighted by atomic mass is 79.9. The fourth-order valence-electron chi connectivity index (χ4n) is 1.29. The van der Waals surface area contributed by atoms with Crippen molar-refractivity contribution in [3.05, 3.63) is 33.3 Å². The number of carbonyl (C=O) groups is 1. The molecule has 5 nitrogen and oxygen atoms in total. The van der Waals surface area contributed by atoms with Crippen molar-refractivity contribution < 1.29 is 10.0 Å². The number of rotatable bonds is 3. The number of amides is 1. The van der Waals surface area contributed by atoms with Crippen molar-refractivity contribution >= 4 is 39.3 Å². The largest absolute Gasteiger partial charge is 0.409 e. The highest BCUT2D eigenvalue weighted by molar-refractivity contribution is 9.10. The van der Waals surface area contributed by atoms with Gasteiger partial charge in [0.2, 0.25) is 0 Å². The summed E-state index contributed by atoms with van der Waals surface area (Å²) in [5.41, 5.74) is 5.89. The Morgan fingerprint density at radius 1 is 1.61 bits per heavy atom. The Bertz CT molecular complexity index is 493. The van der Waals surface area contributed by atoms with Crippen LogP contribution in [0, 0.1) is 0 Å². The highest BCUT2D eigenvalue weighted by Crippen LogP contribution is 2.23. The van der Waals surface area contributed by atoms with Crippen LogP contribution in [0.1, 0.15) is 17.3 Å². The summed E-state index contributed by atoms with van der Waals surface area (Å²) in [4.78, 5) is 13.5. The Morgan fingerprint density at radius 2 is 2.22 bits per heavy atom. The normalized spacial score (nSPS) is 13.2. The van der Waals surface area contributed by atoms with E-state index in [-0.39, 0.29) is 11.7 Å². The minimum Gasteiger partial charge on any atom is -0.409 e. The zero-order valence-corrected chi connectivity index (χ0v) is 12.2. The van der Waals surface area contributed by atoms with Crippen LogP contribution in [0.5, 0.6) is 0 Å². The molecule has 0 saturated carbocycles. The van der Waals surface area contributed by atoms with Gasteiger partial charge in [-0.15, -0.1) is 0 Å². The number of nitrogens with zero attached hydrogens (tertiary/aromatic N) is 2. The molecule has 0 heterocycles. The van der Waals surface area contributed by atoms with Crippen LogP contribution in [0.15, 0.2) is 27.8 Å². The van der Waals surface area contributed by atoms with Crippen molar-refractivity contribution in [2.45, 2.75) is 13.0 Å². The monoisotopic (exact) mass is 333 g/mol. The third-order valence-corrected chi connectivity index (χ3v) is 3.84. The first-order valence-electron chi connectivity index (χ1n) is 5.08. The Hall–Kier alpha value is -1.27. The predicted octanol–water partition coefficient (Wildman–Crippen LogP) is 2.31. The molecule has 1 amide bonds. The fraction of sp³-hybridized carbons (Fsp3) is 0.273. The minimum atomic E-state index is -0.509. The van der Waals surface area contributed by atoms with Crippen molar-refractivity contribution in [1.82, 2.24) is 4.90 Å². The van der Waals surface area contributed by atoms with Crippen molar-refractivity contribution in [3.8, 4) is 0 Å². The van der Waals surface area contributed by atoms with E-state index < -0.39 is 6.04 Å². The van der Waals surface area contributed by atoms with Gasteiger partial charge in [0.1, 0.15) is 0 Å². The van der Waals surface area contributed by atoms with Crippen molar-refractivity contribution in [3.63, 3.8) is 0 Å². The second-order valence-corrected chi connectivity index (χ2v) is 5.01. The summed E-state index contributed by atoms with van der Waals surface area (Å²) in [7, 11) is 1.57. The molecule has 1 aromatic carbocycles. The van der Waals surface area contributed by atoms with Crippen LogP contribution in [-0.4, -0.2) is 34.9 Å². The van der Waals surface area contributed by atoms with Crippen LogP contribution in [0.4, 0.5) is 0 Å². The number of carbonyl (C=O) groups excluding carboxylic acids is 1. The van der Waals surface area contributed by atoms with Gasteiger partial charge >= 0.3 is 0 Å². The van der Waals surface area contributed by atoms with Crippen LogP contribution in [0.2, 0.25) is 5.02 Å². The lowest BCUT2D eigenvalue weighted by atomic mass is 10.1. The zero-order valence-electron chi connectivity index (χ0n) is 9.89. The number of amidine groups is 1. The molecule has 0 radical (unpaired) electrons. The van der Waals surface area contributed by atoms with Gasteiger partial charge in [0.25, 0.3) is 5.91 Å². The molecule has 98 valence electrons. The Balaban J connectivity index is 2.96. The van der Waals surface area contributed by atoms with Crippen LogP contribution in [-0.2, 0) is 0 Å². The molecule has 0 saturated heterocycles. The van der Waals surface area contributed by atoms with E-state index in [0.717, 1.165) is 0 Å². The number of benzene rings is 1. The molecule has 0 aliphatic heterocycles. The molecular formula is C11H13BrClN3O2. The number of hydrogen-bond acceptors (Lipinski definition) is 3. The van der Waals surface area contributed by atoms with Gasteiger partial charge in [-0.3, -0.25) is 4.79 Å². The molecule has 7 heteroatoms. The van der Waals surface area contributed by atoms with Gasteiger partial charge < -0.3 is 15.8 Å². The maximum Gasteiger partial charge on any atom is 0.254 e. The molecular weight excluding hydrogens is 321 g/mol. The van der Waals surface area contributed by atoms with Gasteiger partial charge in [0.15, 0.2) is 5.84 Å². The molecule has 1 aromatic rings. The third kappa shape index (κ3) is 3.14. The molecule has 18 heavy (non-hydrogen) atoms. The number of halogens is 2. The first-order valence-corrected chi connectivity index (χ1v) is 6.25. The number of oxime groups is 1. The topological polar surface area (TPSA) is 78.9 Å². The number of hydrogen-bond donors (Lipinski definition) is 2. The maximum absolute atomic E-state index is 12.1. The SMILES string of the molecule is CC(/C(N)=N/O)N(C)C(=O)c1ccc(Br)c(Cl)c1. The summed E-state index contributed by atoms with van der Waals surface area (Å²) >= 11 is 9.18. The van der Waals surface area contributed by atoms with Crippen LogP contribution >= 0.6 is 27.5 Å². The average Bonchev–Trinajstić information content (AvgIpc) is 2.38. The van der Waals surface area contributed by atoms with E-state index in [1.807, 2.05) is 0 Å². The molecule has 1 atom stereocenters. The average molecular weight is 335 g/mol. The smallest absolute Gasteiger partial charge is 0.254 e. The van der Waals surface area contributed by atoms with E-state index in [1.54, 1.807) is 32.2 Å². The lowest BCUT2D eigenvalue weighted by molar-refractivity contribution is 0.0776. The van der Waals surface area contributed by atoms with Gasteiger partial charge in [-0.25, -0.2) is 0 Å². The maximum atomic E-state index is 12.1. The van der Waals surface area contributed by atoms with Gasteiger partial charge in [0.05, 0.1) is 11.1 Å². The Labute approximate surface area is 118 Å². The molecule has 0 spiro atoms. The highest BCUT2D eigenvalue weighted by Gasteiger charge is 2.21. The van der Waals surface area contributed by atoms with E-state index in [0.29, 0.717) is 15.1 Å². The Morgan fingerprint density at radius 3 is 2.72 bits per heavy atom. The van der Waals surface area contributed by atoms with Gasteiger partial charge in [0, 0.05) is 17.1 Å². The summed E-state index contributed by atoms with van der Waals surface area (Å²) in [5, 5.41) is 11.9. The van der Waals surface area contributed by atoms with Crippen molar-refractivity contribution in [2.24, 2.45) is 10.9 Å². The molecule has 0 aromatic heterocycles. The van der Waals surface area contributed by atoms with E-state index in [2.05, 4.69) is 21.1 Å². The van der Waals surface area contributed by atoms with E-state index in [1.165, 1.54) is 4.90 Å². The summed E-state index contributed by atoms with van der Waals surface area (Å²) in [5.74, 6) is -0.294. The predicted molar refractivity (Wildman–Crippen MR) is 74.1 cm³/mol.